The molecular formula is C17H24ClN2O3S3-. The topological polar surface area (TPSA) is 58.6 Å². The lowest BCUT2D eigenvalue weighted by atomic mass is 10.3. The number of carbonyl (C=O) groups is 2. The summed E-state index contributed by atoms with van der Waals surface area (Å²) in [5, 5.41) is 4.87. The second-order valence-electron chi connectivity index (χ2n) is 4.78. The van der Waals surface area contributed by atoms with Crippen molar-refractivity contribution in [1.29, 1.82) is 0 Å². The number of nitrogens with one attached hydrogen (secondary N) is 1. The third-order valence-corrected chi connectivity index (χ3v) is 5.26. The number of hydrogen-bond donors (Lipinski definition) is 1. The summed E-state index contributed by atoms with van der Waals surface area (Å²) in [6.07, 6.45) is 2.68. The smallest absolute Gasteiger partial charge is 0.305 e. The van der Waals surface area contributed by atoms with E-state index in [0.717, 1.165) is 4.88 Å². The summed E-state index contributed by atoms with van der Waals surface area (Å²) in [5.74, 6) is -0.336. The molecule has 0 aliphatic carbocycles. The molecule has 1 fully saturated rings. The van der Waals surface area contributed by atoms with Crippen LogP contribution in [0, 0.1) is 0 Å². The minimum atomic E-state index is -0.250. The molecule has 0 spiro atoms. The van der Waals surface area contributed by atoms with Crippen LogP contribution in [0.25, 0.3) is 6.08 Å². The summed E-state index contributed by atoms with van der Waals surface area (Å²) in [6.45, 7) is 5.43. The quantitative estimate of drug-likeness (QED) is 0.278. The SMILES string of the molecule is CC.CNCCOC(=O)CCCN1C(=O)/C(=C/c2cccs2)SC1=S.[Cl-]. The van der Waals surface area contributed by atoms with Crippen molar-refractivity contribution < 1.29 is 26.7 Å². The number of rotatable bonds is 8. The number of carbonyl (C=O) groups excluding carboxylic acids is 2. The number of thiophene rings is 1. The van der Waals surface area contributed by atoms with Gasteiger partial charge in [-0.05, 0) is 31.0 Å². The number of hydrogen-bond acceptors (Lipinski definition) is 7. The van der Waals surface area contributed by atoms with Crippen LogP contribution in [0.15, 0.2) is 22.4 Å². The van der Waals surface area contributed by atoms with E-state index in [0.29, 0.717) is 35.3 Å². The molecule has 1 aromatic heterocycles. The summed E-state index contributed by atoms with van der Waals surface area (Å²) in [6, 6.07) is 3.90. The molecule has 1 N–H and O–H groups in total. The molecule has 0 saturated carbocycles. The van der Waals surface area contributed by atoms with Gasteiger partial charge in [-0.15, -0.1) is 11.3 Å². The van der Waals surface area contributed by atoms with Crippen molar-refractivity contribution in [2.75, 3.05) is 26.7 Å². The lowest BCUT2D eigenvalue weighted by molar-refractivity contribution is -0.143. The Hall–Kier alpha value is -0.930. The lowest BCUT2D eigenvalue weighted by Crippen LogP contribution is -3.00. The maximum absolute atomic E-state index is 12.4. The van der Waals surface area contributed by atoms with Crippen molar-refractivity contribution in [3.05, 3.63) is 27.3 Å². The molecule has 0 aromatic carbocycles. The lowest BCUT2D eigenvalue weighted by Gasteiger charge is -2.13. The van der Waals surface area contributed by atoms with E-state index in [1.165, 1.54) is 11.8 Å². The Morgan fingerprint density at radius 3 is 2.77 bits per heavy atom. The van der Waals surface area contributed by atoms with E-state index < -0.39 is 0 Å². The van der Waals surface area contributed by atoms with Crippen molar-refractivity contribution >= 4 is 57.6 Å². The largest absolute Gasteiger partial charge is 1.00 e. The van der Waals surface area contributed by atoms with Crippen LogP contribution in [0.3, 0.4) is 0 Å². The van der Waals surface area contributed by atoms with Gasteiger partial charge in [-0.3, -0.25) is 14.5 Å². The fraction of sp³-hybridized carbons (Fsp3) is 0.471. The predicted molar refractivity (Wildman–Crippen MR) is 110 cm³/mol. The first-order valence-corrected chi connectivity index (χ1v) is 10.3. The van der Waals surface area contributed by atoms with Gasteiger partial charge >= 0.3 is 5.97 Å². The molecule has 9 heteroatoms. The molecule has 0 unspecified atom stereocenters. The molecule has 0 radical (unpaired) electrons. The van der Waals surface area contributed by atoms with E-state index in [1.54, 1.807) is 23.3 Å². The van der Waals surface area contributed by atoms with Gasteiger partial charge in [0.2, 0.25) is 0 Å². The molecule has 1 saturated heterocycles. The molecule has 146 valence electrons. The highest BCUT2D eigenvalue weighted by molar-refractivity contribution is 8.26. The average Bonchev–Trinajstić information content (AvgIpc) is 3.21. The zero-order valence-corrected chi connectivity index (χ0v) is 18.3. The number of halogens is 1. The van der Waals surface area contributed by atoms with Gasteiger partial charge in [-0.2, -0.15) is 0 Å². The zero-order valence-electron chi connectivity index (χ0n) is 15.1. The monoisotopic (exact) mass is 435 g/mol. The predicted octanol–water partition coefficient (Wildman–Crippen LogP) is 0.522. The van der Waals surface area contributed by atoms with Gasteiger partial charge in [-0.1, -0.05) is 43.9 Å². The number of thioether (sulfide) groups is 1. The van der Waals surface area contributed by atoms with Gasteiger partial charge in [0.1, 0.15) is 10.9 Å². The standard InChI is InChI=1S/C15H18N2O3S3.C2H6.ClH/c1-16-6-8-20-13(18)5-2-7-17-14(19)12(23-15(17)21)10-11-4-3-9-22-11;1-2;/h3-4,9-10,16H,2,5-8H2,1H3;1-2H3;1H/p-1/b12-10-;;. The van der Waals surface area contributed by atoms with Crippen molar-refractivity contribution in [2.24, 2.45) is 0 Å². The summed E-state index contributed by atoms with van der Waals surface area (Å²) in [4.78, 5) is 27.1. The average molecular weight is 436 g/mol. The second kappa shape index (κ2) is 14.2. The van der Waals surface area contributed by atoms with Gasteiger partial charge in [-0.25, -0.2) is 0 Å². The maximum atomic E-state index is 12.4. The first kappa shape index (κ1) is 25.1. The molecule has 2 rings (SSSR count). The second-order valence-corrected chi connectivity index (χ2v) is 7.43. The molecule has 1 amide bonds. The minimum absolute atomic E-state index is 0. The van der Waals surface area contributed by atoms with Gasteiger partial charge in [0, 0.05) is 24.4 Å². The molecule has 1 aliphatic heterocycles. The van der Waals surface area contributed by atoms with Crippen LogP contribution in [0.4, 0.5) is 0 Å². The molecule has 0 bridgehead atoms. The fourth-order valence-corrected chi connectivity index (χ4v) is 3.95. The van der Waals surface area contributed by atoms with Crippen molar-refractivity contribution in [3.63, 3.8) is 0 Å². The zero-order chi connectivity index (χ0) is 18.7. The molecule has 1 aliphatic rings. The summed E-state index contributed by atoms with van der Waals surface area (Å²) >= 11 is 8.14. The first-order valence-electron chi connectivity index (χ1n) is 8.21. The van der Waals surface area contributed by atoms with E-state index in [9.17, 15) is 9.59 Å². The van der Waals surface area contributed by atoms with Gasteiger partial charge in [0.05, 0.1) is 4.91 Å². The maximum Gasteiger partial charge on any atom is 0.305 e. The number of nitrogens with zero attached hydrogens (tertiary/aromatic N) is 1. The third-order valence-electron chi connectivity index (χ3n) is 3.07. The Bertz CT molecular complexity index is 606. The Morgan fingerprint density at radius 1 is 1.42 bits per heavy atom. The van der Waals surface area contributed by atoms with Crippen LogP contribution in [-0.4, -0.2) is 47.8 Å². The van der Waals surface area contributed by atoms with Gasteiger partial charge < -0.3 is 22.5 Å². The van der Waals surface area contributed by atoms with E-state index in [1.807, 2.05) is 37.4 Å². The van der Waals surface area contributed by atoms with Crippen molar-refractivity contribution in [1.82, 2.24) is 10.2 Å². The Kier molecular flexibility index (Phi) is 13.7. The first-order chi connectivity index (χ1) is 12.1. The summed E-state index contributed by atoms with van der Waals surface area (Å²) in [5.41, 5.74) is 0. The Morgan fingerprint density at radius 2 is 2.15 bits per heavy atom. The van der Waals surface area contributed by atoms with Gasteiger partial charge in [0.15, 0.2) is 0 Å². The summed E-state index contributed by atoms with van der Waals surface area (Å²) < 4.78 is 5.58. The Labute approximate surface area is 175 Å². The molecule has 0 atom stereocenters. The van der Waals surface area contributed by atoms with Crippen LogP contribution < -0.4 is 17.7 Å². The van der Waals surface area contributed by atoms with Crippen LogP contribution in [0.5, 0.6) is 0 Å². The number of amides is 1. The van der Waals surface area contributed by atoms with E-state index >= 15 is 0 Å². The molecular weight excluding hydrogens is 412 g/mol. The van der Waals surface area contributed by atoms with Crippen LogP contribution in [0.2, 0.25) is 0 Å². The van der Waals surface area contributed by atoms with Crippen LogP contribution >= 0.6 is 35.3 Å². The molecule has 26 heavy (non-hydrogen) atoms. The molecule has 2 heterocycles. The van der Waals surface area contributed by atoms with Crippen LogP contribution in [0.1, 0.15) is 31.6 Å². The highest BCUT2D eigenvalue weighted by atomic mass is 35.5. The van der Waals surface area contributed by atoms with Crippen molar-refractivity contribution in [2.45, 2.75) is 26.7 Å². The highest BCUT2D eigenvalue weighted by Gasteiger charge is 2.31. The van der Waals surface area contributed by atoms with Crippen molar-refractivity contribution in [3.8, 4) is 0 Å². The number of thiocarbonyl (C=S) groups is 1. The Balaban J connectivity index is 0.00000201. The van der Waals surface area contributed by atoms with Gasteiger partial charge in [0.25, 0.3) is 5.91 Å². The minimum Gasteiger partial charge on any atom is -1.00 e. The highest BCUT2D eigenvalue weighted by Crippen LogP contribution is 2.33. The third kappa shape index (κ3) is 8.18. The van der Waals surface area contributed by atoms with E-state index in [2.05, 4.69) is 5.32 Å². The fourth-order valence-electron chi connectivity index (χ4n) is 1.92. The number of ether oxygens (including phenoxy) is 1. The van der Waals surface area contributed by atoms with E-state index in [4.69, 9.17) is 17.0 Å². The molecule has 1 aromatic rings. The van der Waals surface area contributed by atoms with E-state index in [-0.39, 0.29) is 30.7 Å². The number of esters is 1. The normalized spacial score (nSPS) is 14.7. The molecule has 5 nitrogen and oxygen atoms in total. The summed E-state index contributed by atoms with van der Waals surface area (Å²) in [7, 11) is 1.80. The van der Waals surface area contributed by atoms with Crippen LogP contribution in [-0.2, 0) is 14.3 Å². The number of likely N-dealkylation sites (N-methyl/N-ethyl adjacent to an activating group) is 1.